The number of aromatic amines is 1. The lowest BCUT2D eigenvalue weighted by Crippen LogP contribution is -1.99. The zero-order chi connectivity index (χ0) is 8.39. The van der Waals surface area contributed by atoms with Crippen LogP contribution in [0.15, 0.2) is 33.8 Å². The van der Waals surface area contributed by atoms with Crippen LogP contribution in [0, 0.1) is 0 Å². The van der Waals surface area contributed by atoms with E-state index >= 15 is 0 Å². The Morgan fingerprint density at radius 1 is 1.67 bits per heavy atom. The molecule has 1 N–H and O–H groups in total. The number of aromatic nitrogens is 3. The van der Waals surface area contributed by atoms with Gasteiger partial charge in [0.05, 0.1) is 0 Å². The van der Waals surface area contributed by atoms with Crippen molar-refractivity contribution in [2.75, 3.05) is 0 Å². The molecule has 2 rings (SSSR count). The molecule has 0 radical (unpaired) electrons. The summed E-state index contributed by atoms with van der Waals surface area (Å²) in [5, 5.41) is 6.17. The van der Waals surface area contributed by atoms with Crippen LogP contribution in [-0.2, 0) is 6.54 Å². The molecule has 0 saturated carbocycles. The van der Waals surface area contributed by atoms with E-state index in [9.17, 15) is 4.79 Å². The van der Waals surface area contributed by atoms with Crippen molar-refractivity contribution in [1.29, 1.82) is 0 Å². The summed E-state index contributed by atoms with van der Waals surface area (Å²) >= 11 is 0. The van der Waals surface area contributed by atoms with Gasteiger partial charge in [0.25, 0.3) is 5.56 Å². The second-order valence-electron chi connectivity index (χ2n) is 2.38. The van der Waals surface area contributed by atoms with Gasteiger partial charge in [-0.15, -0.1) is 0 Å². The van der Waals surface area contributed by atoms with Crippen molar-refractivity contribution in [2.45, 2.75) is 6.54 Å². The van der Waals surface area contributed by atoms with Crippen LogP contribution >= 0.6 is 0 Å². The molecule has 0 aliphatic heterocycles. The Bertz CT molecular complexity index is 398. The van der Waals surface area contributed by atoms with Crippen molar-refractivity contribution in [3.63, 3.8) is 0 Å². The number of nitrogens with one attached hydrogen (secondary N) is 1. The fourth-order valence-corrected chi connectivity index (χ4v) is 0.953. The van der Waals surface area contributed by atoms with Gasteiger partial charge >= 0.3 is 0 Å². The number of rotatable bonds is 2. The van der Waals surface area contributed by atoms with Crippen LogP contribution < -0.4 is 5.56 Å². The van der Waals surface area contributed by atoms with E-state index in [1.165, 1.54) is 6.07 Å². The van der Waals surface area contributed by atoms with Crippen molar-refractivity contribution in [2.24, 2.45) is 0 Å². The van der Waals surface area contributed by atoms with Gasteiger partial charge in [-0.3, -0.25) is 9.48 Å². The van der Waals surface area contributed by atoms with Crippen molar-refractivity contribution in [3.05, 3.63) is 40.6 Å². The highest BCUT2D eigenvalue weighted by molar-refractivity contribution is 4.94. The Balaban J connectivity index is 2.19. The van der Waals surface area contributed by atoms with Gasteiger partial charge in [0, 0.05) is 18.5 Å². The summed E-state index contributed by atoms with van der Waals surface area (Å²) in [5.74, 6) is 0.573. The van der Waals surface area contributed by atoms with Crippen molar-refractivity contribution < 1.29 is 4.52 Å². The van der Waals surface area contributed by atoms with Crippen LogP contribution in [0.5, 0.6) is 0 Å². The largest absolute Gasteiger partial charge is 0.382 e. The molecule has 2 aromatic heterocycles. The SMILES string of the molecule is O=c1cc(Cn2cccn2)o[nH]1. The number of hydrogen-bond donors (Lipinski definition) is 1. The van der Waals surface area contributed by atoms with Gasteiger partial charge in [-0.1, -0.05) is 0 Å². The van der Waals surface area contributed by atoms with Crippen molar-refractivity contribution in [1.82, 2.24) is 14.9 Å². The zero-order valence-electron chi connectivity index (χ0n) is 6.23. The molecule has 0 fully saturated rings. The molecule has 0 aliphatic carbocycles. The van der Waals surface area contributed by atoms with Gasteiger partial charge in [0.1, 0.15) is 6.54 Å². The number of hydrogen-bond acceptors (Lipinski definition) is 3. The first kappa shape index (κ1) is 6.90. The molecule has 0 atom stereocenters. The lowest BCUT2D eigenvalue weighted by atomic mass is 10.4. The Hall–Kier alpha value is -1.78. The normalized spacial score (nSPS) is 10.3. The summed E-state index contributed by atoms with van der Waals surface area (Å²) in [6.45, 7) is 0.478. The maximum absolute atomic E-state index is 10.6. The topological polar surface area (TPSA) is 63.8 Å². The van der Waals surface area contributed by atoms with Crippen LogP contribution in [0.4, 0.5) is 0 Å². The first-order valence-electron chi connectivity index (χ1n) is 3.49. The summed E-state index contributed by atoms with van der Waals surface area (Å²) in [6, 6.07) is 3.21. The molecule has 2 aromatic rings. The summed E-state index contributed by atoms with van der Waals surface area (Å²) in [6.07, 6.45) is 3.47. The molecule has 0 unspecified atom stereocenters. The molecule has 0 aromatic carbocycles. The average molecular weight is 165 g/mol. The molecule has 0 spiro atoms. The van der Waals surface area contributed by atoms with Crippen LogP contribution in [0.1, 0.15) is 5.76 Å². The Morgan fingerprint density at radius 2 is 2.58 bits per heavy atom. The molecule has 2 heterocycles. The van der Waals surface area contributed by atoms with Crippen LogP contribution in [0.3, 0.4) is 0 Å². The van der Waals surface area contributed by atoms with E-state index in [4.69, 9.17) is 4.52 Å². The van der Waals surface area contributed by atoms with Gasteiger partial charge in [0.2, 0.25) is 0 Å². The molecule has 0 amide bonds. The van der Waals surface area contributed by atoms with Crippen molar-refractivity contribution >= 4 is 0 Å². The highest BCUT2D eigenvalue weighted by Crippen LogP contribution is 1.95. The zero-order valence-corrected chi connectivity index (χ0v) is 6.23. The number of H-pyrrole nitrogens is 1. The number of nitrogens with zero attached hydrogens (tertiary/aromatic N) is 2. The highest BCUT2D eigenvalue weighted by Gasteiger charge is 1.99. The van der Waals surface area contributed by atoms with E-state index < -0.39 is 0 Å². The van der Waals surface area contributed by atoms with E-state index in [1.807, 2.05) is 6.07 Å². The maximum Gasteiger partial charge on any atom is 0.280 e. The lowest BCUT2D eigenvalue weighted by molar-refractivity contribution is 0.367. The van der Waals surface area contributed by atoms with Crippen molar-refractivity contribution in [3.8, 4) is 0 Å². The van der Waals surface area contributed by atoms with Gasteiger partial charge in [-0.2, -0.15) is 10.3 Å². The smallest absolute Gasteiger partial charge is 0.280 e. The highest BCUT2D eigenvalue weighted by atomic mass is 16.5. The van der Waals surface area contributed by atoms with Crippen LogP contribution in [-0.4, -0.2) is 14.9 Å². The monoisotopic (exact) mass is 165 g/mol. The van der Waals surface area contributed by atoms with E-state index in [0.29, 0.717) is 12.3 Å². The summed E-state index contributed by atoms with van der Waals surface area (Å²) < 4.78 is 6.51. The first-order chi connectivity index (χ1) is 5.84. The molecule has 5 nitrogen and oxygen atoms in total. The van der Waals surface area contributed by atoms with Gasteiger partial charge in [-0.05, 0) is 6.07 Å². The minimum Gasteiger partial charge on any atom is -0.382 e. The summed E-state index contributed by atoms with van der Waals surface area (Å²) in [4.78, 5) is 10.6. The molecule has 5 heteroatoms. The molecule has 12 heavy (non-hydrogen) atoms. The van der Waals surface area contributed by atoms with Gasteiger partial charge in [0.15, 0.2) is 5.76 Å². The third kappa shape index (κ3) is 1.29. The lowest BCUT2D eigenvalue weighted by Gasteiger charge is -1.93. The Morgan fingerprint density at radius 3 is 3.17 bits per heavy atom. The fourth-order valence-electron chi connectivity index (χ4n) is 0.953. The molecule has 0 bridgehead atoms. The van der Waals surface area contributed by atoms with Crippen LogP contribution in [0.2, 0.25) is 0 Å². The van der Waals surface area contributed by atoms with E-state index in [1.54, 1.807) is 17.1 Å². The summed E-state index contributed by atoms with van der Waals surface area (Å²) in [7, 11) is 0. The average Bonchev–Trinajstić information content (AvgIpc) is 2.63. The predicted molar refractivity (Wildman–Crippen MR) is 40.7 cm³/mol. The van der Waals surface area contributed by atoms with Gasteiger partial charge < -0.3 is 4.52 Å². The van der Waals surface area contributed by atoms with Crippen LogP contribution in [0.25, 0.3) is 0 Å². The summed E-state index contributed by atoms with van der Waals surface area (Å²) in [5.41, 5.74) is -0.225. The predicted octanol–water partition coefficient (Wildman–Crippen LogP) is 0.213. The standard InChI is InChI=1S/C7H7N3O2/c11-7-4-6(12-9-7)5-10-3-1-2-8-10/h1-4H,5H2,(H,9,11). The second kappa shape index (κ2) is 2.69. The first-order valence-corrected chi connectivity index (χ1v) is 3.49. The second-order valence-corrected chi connectivity index (χ2v) is 2.38. The third-order valence-corrected chi connectivity index (χ3v) is 1.45. The fraction of sp³-hybridized carbons (Fsp3) is 0.143. The quantitative estimate of drug-likeness (QED) is 0.691. The third-order valence-electron chi connectivity index (χ3n) is 1.45. The van der Waals surface area contributed by atoms with E-state index in [2.05, 4.69) is 10.3 Å². The molecule has 0 saturated heterocycles. The molecule has 62 valence electrons. The Kier molecular flexibility index (Phi) is 1.55. The Labute approximate surface area is 67.6 Å². The minimum absolute atomic E-state index is 0.225. The molecular weight excluding hydrogens is 158 g/mol. The maximum atomic E-state index is 10.6. The minimum atomic E-state index is -0.225. The molecule has 0 aliphatic rings. The van der Waals surface area contributed by atoms with E-state index in [-0.39, 0.29) is 5.56 Å². The molecular formula is C7H7N3O2. The van der Waals surface area contributed by atoms with Gasteiger partial charge in [-0.25, -0.2) is 0 Å². The van der Waals surface area contributed by atoms with E-state index in [0.717, 1.165) is 0 Å².